The van der Waals surface area contributed by atoms with Crippen molar-refractivity contribution in [2.45, 2.75) is 10.2 Å². The van der Waals surface area contributed by atoms with Gasteiger partial charge in [-0.1, -0.05) is 34.8 Å². The summed E-state index contributed by atoms with van der Waals surface area (Å²) in [5.74, 6) is -2.26. The van der Waals surface area contributed by atoms with Gasteiger partial charge in [0.15, 0.2) is 5.03 Å². The molecule has 0 atom stereocenters. The van der Waals surface area contributed by atoms with Gasteiger partial charge in [-0.25, -0.2) is 0 Å². The molecule has 0 unspecified atom stereocenters. The fourth-order valence-corrected chi connectivity index (χ4v) is 2.41. The lowest BCUT2D eigenvalue weighted by Gasteiger charge is -2.16. The van der Waals surface area contributed by atoms with Gasteiger partial charge in [0, 0.05) is 12.3 Å². The monoisotopic (exact) mass is 332 g/mol. The standard InChI is InChI=1S/C8H7Cl3N2O4S/c9-8(10,11)6(15)5(14)4(13(16)17)7-12-2-1-3-18-7/h12H,1-3H2. The molecule has 18 heavy (non-hydrogen) atoms. The van der Waals surface area contributed by atoms with Crippen LogP contribution in [0.5, 0.6) is 0 Å². The Morgan fingerprint density at radius 1 is 1.39 bits per heavy atom. The van der Waals surface area contributed by atoms with Gasteiger partial charge < -0.3 is 5.32 Å². The minimum Gasteiger partial charge on any atom is -0.374 e. The van der Waals surface area contributed by atoms with Gasteiger partial charge >= 0.3 is 11.5 Å². The Kier molecular flexibility index (Phi) is 5.27. The summed E-state index contributed by atoms with van der Waals surface area (Å²) in [6.07, 6.45) is 0.797. The molecule has 0 bridgehead atoms. The van der Waals surface area contributed by atoms with E-state index in [4.69, 9.17) is 34.8 Å². The quantitative estimate of drug-likeness (QED) is 0.278. The van der Waals surface area contributed by atoms with E-state index in [0.29, 0.717) is 12.3 Å². The first kappa shape index (κ1) is 15.6. The van der Waals surface area contributed by atoms with Gasteiger partial charge in [0.25, 0.3) is 9.58 Å². The van der Waals surface area contributed by atoms with Crippen molar-refractivity contribution in [3.8, 4) is 0 Å². The summed E-state index contributed by atoms with van der Waals surface area (Å²) in [5.41, 5.74) is -0.879. The van der Waals surface area contributed by atoms with Crippen molar-refractivity contribution in [1.29, 1.82) is 0 Å². The third-order valence-electron chi connectivity index (χ3n) is 1.93. The number of rotatable bonds is 3. The molecule has 1 rings (SSSR count). The fraction of sp³-hybridized carbons (Fsp3) is 0.500. The number of thioether (sulfide) groups is 1. The van der Waals surface area contributed by atoms with Gasteiger partial charge in [-0.05, 0) is 6.42 Å². The summed E-state index contributed by atoms with van der Waals surface area (Å²) >= 11 is 16.8. The number of nitrogens with one attached hydrogen (secondary N) is 1. The Bertz CT molecular complexity index is 425. The normalized spacial score (nSPS) is 18.8. The molecule has 0 amide bonds. The second-order valence-corrected chi connectivity index (χ2v) is 6.61. The Labute approximate surface area is 121 Å². The van der Waals surface area contributed by atoms with Crippen LogP contribution in [-0.4, -0.2) is 32.6 Å². The summed E-state index contributed by atoms with van der Waals surface area (Å²) in [4.78, 5) is 33.0. The summed E-state index contributed by atoms with van der Waals surface area (Å²) in [6.45, 7) is 0.481. The highest BCUT2D eigenvalue weighted by molar-refractivity contribution is 8.03. The van der Waals surface area contributed by atoms with Crippen molar-refractivity contribution in [2.75, 3.05) is 12.3 Å². The van der Waals surface area contributed by atoms with E-state index >= 15 is 0 Å². The molecule has 0 saturated carbocycles. The smallest absolute Gasteiger partial charge is 0.349 e. The van der Waals surface area contributed by atoms with E-state index in [1.165, 1.54) is 0 Å². The van der Waals surface area contributed by atoms with E-state index in [2.05, 4.69) is 5.32 Å². The van der Waals surface area contributed by atoms with Gasteiger partial charge in [0.1, 0.15) is 0 Å². The zero-order valence-electron chi connectivity index (χ0n) is 8.74. The largest absolute Gasteiger partial charge is 0.374 e. The number of alkyl halides is 3. The molecule has 0 spiro atoms. The number of carbonyl (C=O) groups excluding carboxylic acids is 2. The number of Topliss-reactive ketones (excluding diaryl/α,β-unsaturated/α-hetero) is 2. The molecule has 1 saturated heterocycles. The van der Waals surface area contributed by atoms with Crippen molar-refractivity contribution in [2.24, 2.45) is 0 Å². The molecule has 1 N–H and O–H groups in total. The predicted octanol–water partition coefficient (Wildman–Crippen LogP) is 1.67. The molecule has 0 radical (unpaired) electrons. The van der Waals surface area contributed by atoms with Crippen LogP contribution in [0.3, 0.4) is 0 Å². The van der Waals surface area contributed by atoms with E-state index < -0.39 is 26.0 Å². The second kappa shape index (κ2) is 6.10. The Hall–Kier alpha value is -0.500. The number of nitro groups is 1. The van der Waals surface area contributed by atoms with Gasteiger partial charge in [-0.15, -0.1) is 11.8 Å². The van der Waals surface area contributed by atoms with Crippen LogP contribution in [0.2, 0.25) is 0 Å². The topological polar surface area (TPSA) is 89.3 Å². The number of allylic oxidation sites excluding steroid dienone is 1. The predicted molar refractivity (Wildman–Crippen MR) is 69.4 cm³/mol. The highest BCUT2D eigenvalue weighted by atomic mass is 35.6. The molecule has 0 aromatic rings. The molecule has 1 fully saturated rings. The molecule has 1 aliphatic rings. The zero-order valence-corrected chi connectivity index (χ0v) is 11.8. The van der Waals surface area contributed by atoms with Crippen LogP contribution < -0.4 is 5.32 Å². The zero-order chi connectivity index (χ0) is 13.9. The van der Waals surface area contributed by atoms with Crippen molar-refractivity contribution in [3.05, 3.63) is 20.8 Å². The summed E-state index contributed by atoms with van der Waals surface area (Å²) in [5, 5.41) is 13.6. The van der Waals surface area contributed by atoms with Crippen LogP contribution in [0.25, 0.3) is 0 Å². The number of nitrogens with zero attached hydrogens (tertiary/aromatic N) is 1. The molecule has 100 valence electrons. The van der Waals surface area contributed by atoms with Crippen molar-refractivity contribution < 1.29 is 14.5 Å². The summed E-state index contributed by atoms with van der Waals surface area (Å²) in [7, 11) is 0. The van der Waals surface area contributed by atoms with E-state index in [9.17, 15) is 19.7 Å². The minimum atomic E-state index is -2.50. The SMILES string of the molecule is O=C(C(=O)C(Cl)(Cl)Cl)C(=C1NCCCS1)[N+](=O)[O-]. The van der Waals surface area contributed by atoms with E-state index in [0.717, 1.165) is 18.2 Å². The maximum atomic E-state index is 11.7. The molecular formula is C8H7Cl3N2O4S. The molecule has 0 aliphatic carbocycles. The van der Waals surface area contributed by atoms with E-state index in [-0.39, 0.29) is 5.03 Å². The van der Waals surface area contributed by atoms with Gasteiger partial charge in [-0.2, -0.15) is 0 Å². The summed E-state index contributed by atoms with van der Waals surface area (Å²) in [6, 6.07) is 0. The highest BCUT2D eigenvalue weighted by Gasteiger charge is 2.43. The van der Waals surface area contributed by atoms with Crippen LogP contribution >= 0.6 is 46.6 Å². The molecular weight excluding hydrogens is 327 g/mol. The van der Waals surface area contributed by atoms with Gasteiger partial charge in [-0.3, -0.25) is 19.7 Å². The average Bonchev–Trinajstić information content (AvgIpc) is 2.27. The molecule has 10 heteroatoms. The van der Waals surface area contributed by atoms with Gasteiger partial charge in [0.05, 0.1) is 4.92 Å². The van der Waals surface area contributed by atoms with Crippen LogP contribution in [0, 0.1) is 10.1 Å². The van der Waals surface area contributed by atoms with Crippen LogP contribution in [-0.2, 0) is 9.59 Å². The lowest BCUT2D eigenvalue weighted by Crippen LogP contribution is -2.34. The molecule has 0 aromatic heterocycles. The van der Waals surface area contributed by atoms with Crippen LogP contribution in [0.4, 0.5) is 0 Å². The second-order valence-electron chi connectivity index (χ2n) is 3.22. The average molecular weight is 334 g/mol. The first-order chi connectivity index (χ1) is 8.25. The van der Waals surface area contributed by atoms with Crippen molar-refractivity contribution in [3.63, 3.8) is 0 Å². The summed E-state index contributed by atoms with van der Waals surface area (Å²) < 4.78 is -2.50. The first-order valence-corrected chi connectivity index (χ1v) is 6.78. The van der Waals surface area contributed by atoms with Crippen molar-refractivity contribution in [1.82, 2.24) is 5.32 Å². The highest BCUT2D eigenvalue weighted by Crippen LogP contribution is 2.30. The molecule has 1 aliphatic heterocycles. The van der Waals surface area contributed by atoms with E-state index in [1.807, 2.05) is 0 Å². The maximum absolute atomic E-state index is 11.7. The minimum absolute atomic E-state index is 0.0267. The lowest BCUT2D eigenvalue weighted by molar-refractivity contribution is -0.419. The molecule has 1 heterocycles. The third-order valence-corrected chi connectivity index (χ3v) is 3.56. The maximum Gasteiger partial charge on any atom is 0.349 e. The number of ketones is 2. The van der Waals surface area contributed by atoms with E-state index in [1.54, 1.807) is 0 Å². The number of hydrogen-bond donors (Lipinski definition) is 1. The Morgan fingerprint density at radius 3 is 2.39 bits per heavy atom. The van der Waals surface area contributed by atoms with Gasteiger partial charge in [0.2, 0.25) is 0 Å². The van der Waals surface area contributed by atoms with Crippen molar-refractivity contribution >= 4 is 58.1 Å². The number of halogens is 3. The fourth-order valence-electron chi connectivity index (χ4n) is 1.16. The van der Waals surface area contributed by atoms with Crippen LogP contribution in [0.1, 0.15) is 6.42 Å². The Morgan fingerprint density at radius 2 is 2.00 bits per heavy atom. The number of hydrogen-bond acceptors (Lipinski definition) is 6. The number of carbonyl (C=O) groups is 2. The third kappa shape index (κ3) is 3.74. The van der Waals surface area contributed by atoms with Crippen LogP contribution in [0.15, 0.2) is 10.7 Å². The first-order valence-electron chi connectivity index (χ1n) is 4.66. The lowest BCUT2D eigenvalue weighted by atomic mass is 10.2. The Balaban J connectivity index is 3.10. The molecule has 6 nitrogen and oxygen atoms in total. The molecule has 0 aromatic carbocycles.